The molecule has 0 bridgehead atoms. The molecule has 0 aliphatic carbocycles. The van der Waals surface area contributed by atoms with E-state index >= 15 is 0 Å². The monoisotopic (exact) mass is 204 g/mol. The lowest BCUT2D eigenvalue weighted by molar-refractivity contribution is -0.137. The lowest BCUT2D eigenvalue weighted by atomic mass is 10.3. The molecule has 14 heavy (non-hydrogen) atoms. The van der Waals surface area contributed by atoms with E-state index in [1.165, 1.54) is 0 Å². The molecule has 0 aromatic carbocycles. The van der Waals surface area contributed by atoms with Crippen LogP contribution in [-0.4, -0.2) is 48.3 Å². The van der Waals surface area contributed by atoms with Crippen LogP contribution in [0.3, 0.4) is 0 Å². The van der Waals surface area contributed by atoms with Gasteiger partial charge in [-0.15, -0.1) is 0 Å². The van der Waals surface area contributed by atoms with Crippen LogP contribution in [0.5, 0.6) is 0 Å². The fourth-order valence-electron chi connectivity index (χ4n) is 0.891. The molecular weight excluding hydrogens is 188 g/mol. The standard InChI is InChI=1S/C8H16N2O4/c11-7(12)5-9-3-1-2-4-10-6-8(13)14/h9-10H,1-6H2,(H,11,12)(H,13,14). The summed E-state index contributed by atoms with van der Waals surface area (Å²) in [5, 5.41) is 22.0. The van der Waals surface area contributed by atoms with Gasteiger partial charge in [-0.1, -0.05) is 0 Å². The number of aliphatic carboxylic acids is 2. The molecule has 0 rings (SSSR count). The zero-order valence-electron chi connectivity index (χ0n) is 7.95. The van der Waals surface area contributed by atoms with E-state index in [0.717, 1.165) is 12.8 Å². The molecule has 82 valence electrons. The van der Waals surface area contributed by atoms with Crippen molar-refractivity contribution in [2.75, 3.05) is 26.2 Å². The topological polar surface area (TPSA) is 98.7 Å². The Morgan fingerprint density at radius 2 is 1.21 bits per heavy atom. The molecular formula is C8H16N2O4. The molecule has 0 saturated carbocycles. The SMILES string of the molecule is O=C(O)CNCCCCNCC(=O)O. The molecule has 0 radical (unpaired) electrons. The van der Waals surface area contributed by atoms with E-state index in [4.69, 9.17) is 10.2 Å². The summed E-state index contributed by atoms with van der Waals surface area (Å²) in [4.78, 5) is 20.1. The Balaban J connectivity index is 2.99. The van der Waals surface area contributed by atoms with Crippen molar-refractivity contribution >= 4 is 11.9 Å². The van der Waals surface area contributed by atoms with Gasteiger partial charge in [-0.05, 0) is 25.9 Å². The van der Waals surface area contributed by atoms with E-state index in [9.17, 15) is 9.59 Å². The second-order valence-corrected chi connectivity index (χ2v) is 2.85. The molecule has 0 heterocycles. The third kappa shape index (κ3) is 10.9. The summed E-state index contributed by atoms with van der Waals surface area (Å²) in [6.07, 6.45) is 1.67. The highest BCUT2D eigenvalue weighted by Gasteiger charge is 1.96. The number of rotatable bonds is 9. The Morgan fingerprint density at radius 1 is 0.857 bits per heavy atom. The van der Waals surface area contributed by atoms with Gasteiger partial charge in [0.2, 0.25) is 0 Å². The minimum Gasteiger partial charge on any atom is -0.480 e. The predicted molar refractivity (Wildman–Crippen MR) is 50.2 cm³/mol. The Hall–Kier alpha value is -1.14. The average molecular weight is 204 g/mol. The summed E-state index contributed by atoms with van der Waals surface area (Å²) in [5.74, 6) is -1.73. The van der Waals surface area contributed by atoms with E-state index in [1.54, 1.807) is 0 Å². The number of carboxylic acid groups (broad SMARTS) is 2. The van der Waals surface area contributed by atoms with Gasteiger partial charge in [0.15, 0.2) is 0 Å². The highest BCUT2D eigenvalue weighted by molar-refractivity contribution is 5.69. The maximum atomic E-state index is 10.1. The average Bonchev–Trinajstić information content (AvgIpc) is 2.08. The van der Waals surface area contributed by atoms with Gasteiger partial charge in [0.05, 0.1) is 13.1 Å². The number of carbonyl (C=O) groups is 2. The Labute approximate surface area is 82.3 Å². The van der Waals surface area contributed by atoms with Crippen molar-refractivity contribution in [3.8, 4) is 0 Å². The second kappa shape index (κ2) is 8.46. The van der Waals surface area contributed by atoms with Crippen molar-refractivity contribution < 1.29 is 19.8 Å². The zero-order chi connectivity index (χ0) is 10.8. The molecule has 6 heteroatoms. The van der Waals surface area contributed by atoms with E-state index in [-0.39, 0.29) is 13.1 Å². The van der Waals surface area contributed by atoms with Crippen molar-refractivity contribution in [3.63, 3.8) is 0 Å². The molecule has 0 aromatic rings. The van der Waals surface area contributed by atoms with Gasteiger partial charge in [0.25, 0.3) is 0 Å². The summed E-state index contributed by atoms with van der Waals surface area (Å²) < 4.78 is 0. The number of nitrogens with one attached hydrogen (secondary N) is 2. The first-order chi connectivity index (χ1) is 6.63. The minimum absolute atomic E-state index is 0.0252. The van der Waals surface area contributed by atoms with Gasteiger partial charge in [-0.2, -0.15) is 0 Å². The lowest BCUT2D eigenvalue weighted by Crippen LogP contribution is -2.26. The fourth-order valence-corrected chi connectivity index (χ4v) is 0.891. The first-order valence-electron chi connectivity index (χ1n) is 4.48. The van der Waals surface area contributed by atoms with Gasteiger partial charge in [0, 0.05) is 0 Å². The van der Waals surface area contributed by atoms with Gasteiger partial charge in [-0.25, -0.2) is 0 Å². The number of hydrogen-bond acceptors (Lipinski definition) is 4. The van der Waals surface area contributed by atoms with Crippen LogP contribution < -0.4 is 10.6 Å². The van der Waals surface area contributed by atoms with Gasteiger partial charge >= 0.3 is 11.9 Å². The maximum Gasteiger partial charge on any atom is 0.317 e. The first kappa shape index (κ1) is 12.9. The number of hydrogen-bond donors (Lipinski definition) is 4. The third-order valence-corrected chi connectivity index (χ3v) is 1.51. The summed E-state index contributed by atoms with van der Waals surface area (Å²) >= 11 is 0. The fraction of sp³-hybridized carbons (Fsp3) is 0.750. The van der Waals surface area contributed by atoms with Crippen molar-refractivity contribution in [2.24, 2.45) is 0 Å². The molecule has 0 aliphatic rings. The lowest BCUT2D eigenvalue weighted by Gasteiger charge is -2.02. The van der Waals surface area contributed by atoms with Crippen LogP contribution in [-0.2, 0) is 9.59 Å². The minimum atomic E-state index is -0.867. The van der Waals surface area contributed by atoms with E-state index in [2.05, 4.69) is 10.6 Å². The number of unbranched alkanes of at least 4 members (excludes halogenated alkanes) is 1. The van der Waals surface area contributed by atoms with E-state index in [1.807, 2.05) is 0 Å². The molecule has 0 unspecified atom stereocenters. The van der Waals surface area contributed by atoms with Crippen LogP contribution in [0.15, 0.2) is 0 Å². The largest absolute Gasteiger partial charge is 0.480 e. The molecule has 0 saturated heterocycles. The van der Waals surface area contributed by atoms with Gasteiger partial charge in [0.1, 0.15) is 0 Å². The molecule has 0 aliphatic heterocycles. The summed E-state index contributed by atoms with van der Waals surface area (Å²) in [5.41, 5.74) is 0. The second-order valence-electron chi connectivity index (χ2n) is 2.85. The Bertz CT molecular complexity index is 164. The van der Waals surface area contributed by atoms with Crippen LogP contribution in [0, 0.1) is 0 Å². The Kier molecular flexibility index (Phi) is 7.77. The third-order valence-electron chi connectivity index (χ3n) is 1.51. The zero-order valence-corrected chi connectivity index (χ0v) is 7.95. The Morgan fingerprint density at radius 3 is 1.50 bits per heavy atom. The predicted octanol–water partition coefficient (Wildman–Crippen LogP) is -0.885. The van der Waals surface area contributed by atoms with Gasteiger partial charge in [-0.3, -0.25) is 9.59 Å². The van der Waals surface area contributed by atoms with Gasteiger partial charge < -0.3 is 20.8 Å². The van der Waals surface area contributed by atoms with Crippen LogP contribution in [0.25, 0.3) is 0 Å². The highest BCUT2D eigenvalue weighted by atomic mass is 16.4. The first-order valence-corrected chi connectivity index (χ1v) is 4.48. The quantitative estimate of drug-likeness (QED) is 0.364. The van der Waals surface area contributed by atoms with Crippen LogP contribution in [0.2, 0.25) is 0 Å². The number of carboxylic acids is 2. The van der Waals surface area contributed by atoms with Crippen molar-refractivity contribution in [1.29, 1.82) is 0 Å². The summed E-state index contributed by atoms with van der Waals surface area (Å²) in [6, 6.07) is 0. The molecule has 4 N–H and O–H groups in total. The molecule has 0 aromatic heterocycles. The molecule has 0 atom stereocenters. The van der Waals surface area contributed by atoms with Crippen LogP contribution in [0.1, 0.15) is 12.8 Å². The molecule has 0 amide bonds. The maximum absolute atomic E-state index is 10.1. The molecule has 6 nitrogen and oxygen atoms in total. The molecule has 0 fully saturated rings. The molecule has 0 spiro atoms. The van der Waals surface area contributed by atoms with E-state index in [0.29, 0.717) is 13.1 Å². The van der Waals surface area contributed by atoms with Crippen molar-refractivity contribution in [2.45, 2.75) is 12.8 Å². The van der Waals surface area contributed by atoms with Crippen LogP contribution >= 0.6 is 0 Å². The summed E-state index contributed by atoms with van der Waals surface area (Å²) in [7, 11) is 0. The highest BCUT2D eigenvalue weighted by Crippen LogP contribution is 1.83. The smallest absolute Gasteiger partial charge is 0.317 e. The van der Waals surface area contributed by atoms with Crippen molar-refractivity contribution in [1.82, 2.24) is 10.6 Å². The van der Waals surface area contributed by atoms with E-state index < -0.39 is 11.9 Å². The summed E-state index contributed by atoms with van der Waals surface area (Å²) in [6.45, 7) is 1.23. The van der Waals surface area contributed by atoms with Crippen molar-refractivity contribution in [3.05, 3.63) is 0 Å². The van der Waals surface area contributed by atoms with Crippen LogP contribution in [0.4, 0.5) is 0 Å². The normalized spacial score (nSPS) is 10.0.